The van der Waals surface area contributed by atoms with Gasteiger partial charge in [0.25, 0.3) is 5.91 Å². The number of thioether (sulfide) groups is 1. The van der Waals surface area contributed by atoms with Gasteiger partial charge < -0.3 is 10.5 Å². The maximum Gasteiger partial charge on any atom is 0.267 e. The van der Waals surface area contributed by atoms with E-state index in [9.17, 15) is 4.79 Å². The van der Waals surface area contributed by atoms with Crippen molar-refractivity contribution in [3.05, 3.63) is 10.7 Å². The average Bonchev–Trinajstić information content (AvgIpc) is 2.03. The number of rotatable bonds is 1. The van der Waals surface area contributed by atoms with Crippen molar-refractivity contribution in [1.29, 1.82) is 0 Å². The van der Waals surface area contributed by atoms with Crippen LogP contribution in [-0.2, 0) is 9.53 Å². The molecule has 4 nitrogen and oxygen atoms in total. The molecule has 0 bridgehead atoms. The third-order valence-corrected chi connectivity index (χ3v) is 2.65. The number of allylic oxidation sites excluding steroid dienone is 1. The number of amides is 1. The summed E-state index contributed by atoms with van der Waals surface area (Å²) in [7, 11) is 0. The first kappa shape index (κ1) is 10.3. The van der Waals surface area contributed by atoms with Crippen molar-refractivity contribution >= 4 is 35.0 Å². The number of hydrogen-bond donors (Lipinski definition) is 2. The Bertz CT molecular complexity index is 276. The van der Waals surface area contributed by atoms with Gasteiger partial charge in [-0.25, -0.2) is 0 Å². The van der Waals surface area contributed by atoms with E-state index in [2.05, 4.69) is 17.5 Å². The van der Waals surface area contributed by atoms with Crippen LogP contribution in [0.3, 0.4) is 0 Å². The molecule has 3 N–H and O–H groups in total. The molecule has 1 aliphatic rings. The molecule has 0 spiro atoms. The fraction of sp³-hybridized carbons (Fsp3) is 0.429. The maximum atomic E-state index is 11.4. The van der Waals surface area contributed by atoms with Gasteiger partial charge >= 0.3 is 0 Å². The van der Waals surface area contributed by atoms with Gasteiger partial charge in [0.05, 0.1) is 6.61 Å². The van der Waals surface area contributed by atoms with E-state index in [1.807, 2.05) is 0 Å². The zero-order valence-corrected chi connectivity index (χ0v) is 8.76. The Morgan fingerprint density at radius 1 is 1.77 bits per heavy atom. The topological polar surface area (TPSA) is 64.4 Å². The smallest absolute Gasteiger partial charge is 0.267 e. The minimum atomic E-state index is -0.283. The van der Waals surface area contributed by atoms with E-state index in [4.69, 9.17) is 10.5 Å². The number of carbonyl (C=O) groups is 1. The number of carbonyl (C=O) groups excluding carboxylic acids is 1. The Morgan fingerprint density at radius 2 is 2.46 bits per heavy atom. The van der Waals surface area contributed by atoms with Gasteiger partial charge in [-0.05, 0) is 19.1 Å². The third kappa shape index (κ3) is 2.89. The van der Waals surface area contributed by atoms with Gasteiger partial charge in [-0.1, -0.05) is 0 Å². The van der Waals surface area contributed by atoms with E-state index in [-0.39, 0.29) is 11.0 Å². The van der Waals surface area contributed by atoms with Crippen molar-refractivity contribution in [3.8, 4) is 0 Å². The number of nitrogens with one attached hydrogen (secondary N) is 1. The van der Waals surface area contributed by atoms with Gasteiger partial charge in [0.1, 0.15) is 10.7 Å². The second-order valence-corrected chi connectivity index (χ2v) is 3.95. The fourth-order valence-electron chi connectivity index (χ4n) is 0.900. The van der Waals surface area contributed by atoms with Crippen molar-refractivity contribution < 1.29 is 9.53 Å². The van der Waals surface area contributed by atoms with Crippen LogP contribution in [0.25, 0.3) is 0 Å². The summed E-state index contributed by atoms with van der Waals surface area (Å²) in [6, 6.07) is 0. The summed E-state index contributed by atoms with van der Waals surface area (Å²) in [5.41, 5.74) is 5.17. The van der Waals surface area contributed by atoms with Crippen LogP contribution in [0.5, 0.6) is 0 Å². The van der Waals surface area contributed by atoms with Crippen LogP contribution >= 0.6 is 24.0 Å². The molecule has 0 aromatic heterocycles. The van der Waals surface area contributed by atoms with Crippen LogP contribution in [-0.4, -0.2) is 23.4 Å². The molecule has 0 radical (unpaired) electrons. The zero-order valence-electron chi connectivity index (χ0n) is 7.12. The van der Waals surface area contributed by atoms with E-state index in [1.165, 1.54) is 11.8 Å². The molecule has 0 fully saturated rings. The highest BCUT2D eigenvalue weighted by Gasteiger charge is 2.18. The number of ether oxygens (including phenoxy) is 1. The van der Waals surface area contributed by atoms with Gasteiger partial charge in [0.2, 0.25) is 0 Å². The summed E-state index contributed by atoms with van der Waals surface area (Å²) in [4.78, 5) is 11.9. The third-order valence-electron chi connectivity index (χ3n) is 1.41. The maximum absolute atomic E-state index is 11.4. The second-order valence-electron chi connectivity index (χ2n) is 2.40. The van der Waals surface area contributed by atoms with Crippen molar-refractivity contribution in [2.45, 2.75) is 6.92 Å². The molecule has 1 aliphatic heterocycles. The highest BCUT2D eigenvalue weighted by Crippen LogP contribution is 2.24. The average molecular weight is 218 g/mol. The molecule has 0 unspecified atom stereocenters. The number of hydrogen-bond acceptors (Lipinski definition) is 4. The lowest BCUT2D eigenvalue weighted by molar-refractivity contribution is -0.115. The molecule has 0 aliphatic carbocycles. The van der Waals surface area contributed by atoms with Crippen LogP contribution in [0.15, 0.2) is 10.7 Å². The molecule has 6 heteroatoms. The lowest BCUT2D eigenvalue weighted by atomic mass is 10.4. The lowest BCUT2D eigenvalue weighted by Gasteiger charge is -2.17. The lowest BCUT2D eigenvalue weighted by Crippen LogP contribution is -2.36. The molecule has 0 saturated carbocycles. The molecule has 1 heterocycles. The molecule has 0 saturated heterocycles. The van der Waals surface area contributed by atoms with E-state index in [0.29, 0.717) is 17.3 Å². The second kappa shape index (κ2) is 4.48. The van der Waals surface area contributed by atoms with E-state index in [1.54, 1.807) is 6.92 Å². The number of thiocarbonyl (C=S) groups is 1. The highest BCUT2D eigenvalue weighted by atomic mass is 32.2. The Labute approximate surface area is 85.9 Å². The van der Waals surface area contributed by atoms with Gasteiger partial charge in [0.15, 0.2) is 5.11 Å². The Morgan fingerprint density at radius 3 is 3.00 bits per heavy atom. The largest absolute Gasteiger partial charge is 0.496 e. The summed E-state index contributed by atoms with van der Waals surface area (Å²) >= 11 is 6.00. The molecular weight excluding hydrogens is 208 g/mol. The van der Waals surface area contributed by atoms with Crippen molar-refractivity contribution in [2.75, 3.05) is 12.4 Å². The Kier molecular flexibility index (Phi) is 3.56. The van der Waals surface area contributed by atoms with E-state index >= 15 is 0 Å². The molecule has 0 atom stereocenters. The first-order chi connectivity index (χ1) is 6.11. The van der Waals surface area contributed by atoms with Gasteiger partial charge in [-0.2, -0.15) is 0 Å². The van der Waals surface area contributed by atoms with Crippen molar-refractivity contribution in [1.82, 2.24) is 5.32 Å². The summed E-state index contributed by atoms with van der Waals surface area (Å²) in [6.07, 6.45) is 0. The fourth-order valence-corrected chi connectivity index (χ4v) is 1.81. The minimum absolute atomic E-state index is 0.0172. The summed E-state index contributed by atoms with van der Waals surface area (Å²) < 4.78 is 5.21. The molecule has 0 aromatic carbocycles. The standard InChI is InChI=1S/C7H10N2O2S2/c1-4-5(13-3-2-11-4)6(10)9-7(8)12/h2-3H2,1H3,(H3,8,9,10,12). The summed E-state index contributed by atoms with van der Waals surface area (Å²) in [5.74, 6) is 1.12. The molecule has 0 aromatic rings. The van der Waals surface area contributed by atoms with Crippen LogP contribution in [0.2, 0.25) is 0 Å². The van der Waals surface area contributed by atoms with Gasteiger partial charge in [-0.15, -0.1) is 11.8 Å². The van der Waals surface area contributed by atoms with E-state index in [0.717, 1.165) is 5.75 Å². The van der Waals surface area contributed by atoms with Crippen molar-refractivity contribution in [3.63, 3.8) is 0 Å². The quantitative estimate of drug-likeness (QED) is 0.621. The van der Waals surface area contributed by atoms with Gasteiger partial charge in [-0.3, -0.25) is 10.1 Å². The van der Waals surface area contributed by atoms with E-state index < -0.39 is 0 Å². The Hall–Kier alpha value is -0.750. The van der Waals surface area contributed by atoms with Crippen molar-refractivity contribution in [2.24, 2.45) is 5.73 Å². The SMILES string of the molecule is CC1=C(C(=O)NC(N)=S)SCCO1. The normalized spacial score (nSPS) is 16.4. The predicted octanol–water partition coefficient (Wildman–Crippen LogP) is 0.341. The molecular formula is C7H10N2O2S2. The zero-order chi connectivity index (χ0) is 9.84. The number of nitrogens with two attached hydrogens (primary N) is 1. The highest BCUT2D eigenvalue weighted by molar-refractivity contribution is 8.04. The molecule has 1 rings (SSSR count). The van der Waals surface area contributed by atoms with Crippen LogP contribution in [0.4, 0.5) is 0 Å². The first-order valence-corrected chi connectivity index (χ1v) is 5.08. The summed E-state index contributed by atoms with van der Waals surface area (Å²) in [6.45, 7) is 2.39. The molecule has 13 heavy (non-hydrogen) atoms. The summed E-state index contributed by atoms with van der Waals surface area (Å²) in [5, 5.41) is 2.34. The first-order valence-electron chi connectivity index (χ1n) is 3.68. The van der Waals surface area contributed by atoms with Crippen LogP contribution in [0, 0.1) is 0 Å². The molecule has 1 amide bonds. The monoisotopic (exact) mass is 218 g/mol. The predicted molar refractivity (Wildman–Crippen MR) is 56.0 cm³/mol. The van der Waals surface area contributed by atoms with Crippen LogP contribution in [0.1, 0.15) is 6.92 Å². The molecule has 72 valence electrons. The Balaban J connectivity index is 2.69. The minimum Gasteiger partial charge on any atom is -0.496 e. The van der Waals surface area contributed by atoms with Gasteiger partial charge in [0, 0.05) is 5.75 Å². The van der Waals surface area contributed by atoms with Crippen LogP contribution < -0.4 is 11.1 Å².